The second kappa shape index (κ2) is 8.15. The summed E-state index contributed by atoms with van der Waals surface area (Å²) >= 11 is 0. The third-order valence-electron chi connectivity index (χ3n) is 2.71. The molecule has 0 fully saturated rings. The monoisotopic (exact) mass is 303 g/mol. The number of carboxylic acids is 2. The van der Waals surface area contributed by atoms with Crippen LogP contribution in [0.3, 0.4) is 0 Å². The average Bonchev–Trinajstić information content (AvgIpc) is 2.29. The Hall–Kier alpha value is -1.23. The molecule has 6 nitrogen and oxygen atoms in total. The summed E-state index contributed by atoms with van der Waals surface area (Å²) in [7, 11) is 4.24. The van der Waals surface area contributed by atoms with Crippen molar-refractivity contribution in [2.24, 2.45) is 0 Å². The van der Waals surface area contributed by atoms with Gasteiger partial charge >= 0.3 is 5.97 Å². The highest BCUT2D eigenvalue weighted by atomic mass is 31.1. The number of quaternary nitrogens is 1. The topological polar surface area (TPSA) is 100 Å². The molecule has 0 aromatic heterocycles. The van der Waals surface area contributed by atoms with Gasteiger partial charge < -0.3 is 24.4 Å². The highest BCUT2D eigenvalue weighted by Gasteiger charge is 2.15. The van der Waals surface area contributed by atoms with Gasteiger partial charge in [-0.25, -0.2) is 4.79 Å². The third kappa shape index (κ3) is 7.38. The van der Waals surface area contributed by atoms with Gasteiger partial charge in [0.2, 0.25) is 0 Å². The van der Waals surface area contributed by atoms with E-state index in [1.54, 1.807) is 6.92 Å². The first-order valence-corrected chi connectivity index (χ1v) is 7.84. The lowest BCUT2D eigenvalue weighted by atomic mass is 10.0. The lowest BCUT2D eigenvalue weighted by Crippen LogP contribution is -2.36. The molecular weight excluding hydrogens is 281 g/mol. The lowest BCUT2D eigenvalue weighted by molar-refractivity contribution is -0.867. The minimum atomic E-state index is -1.66. The van der Waals surface area contributed by atoms with Crippen LogP contribution in [0.2, 0.25) is 0 Å². The highest BCUT2D eigenvalue weighted by Crippen LogP contribution is 2.17. The molecule has 0 saturated heterocycles. The molecule has 114 valence electrons. The Kier molecular flexibility index (Phi) is 7.64. The van der Waals surface area contributed by atoms with Gasteiger partial charge in [0.1, 0.15) is 6.54 Å². The molecule has 0 aliphatic heterocycles. The van der Waals surface area contributed by atoms with Crippen molar-refractivity contribution in [1.29, 1.82) is 0 Å². The van der Waals surface area contributed by atoms with E-state index in [0.717, 1.165) is 0 Å². The molecule has 20 heavy (non-hydrogen) atoms. The van der Waals surface area contributed by atoms with Crippen LogP contribution in [0.1, 0.15) is 19.8 Å². The summed E-state index contributed by atoms with van der Waals surface area (Å²) < 4.78 is 0.660. The van der Waals surface area contributed by atoms with Gasteiger partial charge in [-0.05, 0) is 12.0 Å². The van der Waals surface area contributed by atoms with E-state index in [1.807, 2.05) is 21.1 Å². The normalized spacial score (nSPS) is 13.9. The van der Waals surface area contributed by atoms with Gasteiger partial charge in [0.05, 0.1) is 40.7 Å². The minimum Gasteiger partial charge on any atom is -0.631 e. The zero-order valence-electron chi connectivity index (χ0n) is 12.4. The largest absolute Gasteiger partial charge is 0.631 e. The van der Waals surface area contributed by atoms with E-state index in [2.05, 4.69) is 0 Å². The summed E-state index contributed by atoms with van der Waals surface area (Å²) in [6, 6.07) is 0. The van der Waals surface area contributed by atoms with Gasteiger partial charge in [0, 0.05) is 12.0 Å². The summed E-state index contributed by atoms with van der Waals surface area (Å²) in [6.07, 6.45) is 0.375. The van der Waals surface area contributed by atoms with Gasteiger partial charge in [-0.15, -0.1) is 0 Å². The van der Waals surface area contributed by atoms with Gasteiger partial charge in [-0.3, -0.25) is 0 Å². The van der Waals surface area contributed by atoms with Crippen molar-refractivity contribution in [3.8, 4) is 0 Å². The van der Waals surface area contributed by atoms with Crippen LogP contribution in [0.25, 0.3) is 0 Å². The van der Waals surface area contributed by atoms with Crippen molar-refractivity contribution in [2.45, 2.75) is 19.8 Å². The van der Waals surface area contributed by atoms with Crippen LogP contribution in [-0.2, 0) is 9.59 Å². The summed E-state index contributed by atoms with van der Waals surface area (Å²) in [4.78, 5) is 33.7. The van der Waals surface area contributed by atoms with Crippen LogP contribution in [-0.4, -0.2) is 61.2 Å². The molecule has 0 spiro atoms. The lowest BCUT2D eigenvalue weighted by Gasteiger charge is -2.22. The fraction of sp³-hybridized carbons (Fsp3) is 0.615. The van der Waals surface area contributed by atoms with Gasteiger partial charge in [0.15, 0.2) is 6.16 Å². The van der Waals surface area contributed by atoms with Gasteiger partial charge in [0.25, 0.3) is 0 Å². The third-order valence-corrected chi connectivity index (χ3v) is 3.94. The minimum absolute atomic E-state index is 0.0855. The number of hydrogen-bond donors (Lipinski definition) is 1. The van der Waals surface area contributed by atoms with E-state index in [1.165, 1.54) is 5.80 Å². The maximum atomic E-state index is 11.8. The maximum absolute atomic E-state index is 11.8. The zero-order valence-corrected chi connectivity index (χ0v) is 13.3. The molecule has 1 unspecified atom stereocenters. The molecule has 7 heteroatoms. The van der Waals surface area contributed by atoms with E-state index in [4.69, 9.17) is 5.11 Å². The Morgan fingerprint density at radius 2 is 1.80 bits per heavy atom. The standard InChI is InChI=1S/C13H22NO5P/c1-5-10(12(15)16)11(13(17)18)6-8-20(19)9-7-14(2,3)4/h8H,5-7,9H2,1-4H3,(H-,15,16,17,18)/b11-10+. The fourth-order valence-electron chi connectivity index (χ4n) is 1.51. The summed E-state index contributed by atoms with van der Waals surface area (Å²) in [5.41, 5.74) is -0.496. The van der Waals surface area contributed by atoms with Crippen molar-refractivity contribution in [2.75, 3.05) is 33.8 Å². The van der Waals surface area contributed by atoms with E-state index in [9.17, 15) is 19.6 Å². The first-order valence-electron chi connectivity index (χ1n) is 6.32. The molecule has 1 atom stereocenters. The van der Waals surface area contributed by atoms with Crippen LogP contribution in [0.15, 0.2) is 11.1 Å². The highest BCUT2D eigenvalue weighted by molar-refractivity contribution is 7.50. The first kappa shape index (κ1) is 18.8. The number of carbonyl (C=O) groups excluding carboxylic acids is 1. The number of carbonyl (C=O) groups is 2. The summed E-state index contributed by atoms with van der Waals surface area (Å²) in [5, 5.41) is 19.9. The average molecular weight is 303 g/mol. The Morgan fingerprint density at radius 3 is 2.15 bits per heavy atom. The molecule has 0 rings (SSSR count). The Bertz CT molecular complexity index is 435. The zero-order chi connectivity index (χ0) is 15.9. The molecule has 0 heterocycles. The van der Waals surface area contributed by atoms with Crippen LogP contribution >= 0.6 is 7.77 Å². The quantitative estimate of drug-likeness (QED) is 0.359. The van der Waals surface area contributed by atoms with Crippen LogP contribution in [0, 0.1) is 0 Å². The van der Waals surface area contributed by atoms with Crippen LogP contribution in [0.5, 0.6) is 0 Å². The van der Waals surface area contributed by atoms with Crippen molar-refractivity contribution < 1.29 is 29.2 Å². The van der Waals surface area contributed by atoms with Crippen LogP contribution < -0.4 is 10.00 Å². The van der Waals surface area contributed by atoms with Crippen LogP contribution in [0.4, 0.5) is 0 Å². The first-order chi connectivity index (χ1) is 9.08. The Labute approximate surface area is 120 Å². The van der Waals surface area contributed by atoms with Crippen molar-refractivity contribution in [1.82, 2.24) is 0 Å². The molecule has 0 radical (unpaired) electrons. The molecule has 0 aliphatic carbocycles. The van der Waals surface area contributed by atoms with Gasteiger partial charge in [-0.1, -0.05) is 6.92 Å². The van der Waals surface area contributed by atoms with E-state index in [-0.39, 0.29) is 24.0 Å². The Balaban J connectivity index is 4.96. The number of rotatable bonds is 8. The molecule has 0 saturated carbocycles. The Morgan fingerprint density at radius 1 is 1.25 bits per heavy atom. The number of carboxylic acid groups (broad SMARTS) is 2. The second-order valence-corrected chi connectivity index (χ2v) is 7.09. The predicted octanol–water partition coefficient (Wildman–Crippen LogP) is -0.817. The molecule has 0 aromatic rings. The fourth-order valence-corrected chi connectivity index (χ4v) is 2.87. The van der Waals surface area contributed by atoms with E-state index < -0.39 is 19.7 Å². The predicted molar refractivity (Wildman–Crippen MR) is 75.3 cm³/mol. The van der Waals surface area contributed by atoms with Gasteiger partial charge in [-0.2, -0.15) is 0 Å². The SMILES string of the molecule is CC/C(C(=O)O)=C(/CC=[P+]([O-])CC[N+](C)(C)C)C(=O)[O-]. The molecule has 0 aliphatic rings. The molecule has 0 amide bonds. The smallest absolute Gasteiger partial charge is 0.331 e. The van der Waals surface area contributed by atoms with E-state index in [0.29, 0.717) is 17.2 Å². The molecule has 0 bridgehead atoms. The van der Waals surface area contributed by atoms with Crippen molar-refractivity contribution >= 4 is 25.5 Å². The molecule has 1 N–H and O–H groups in total. The number of nitrogens with zero attached hydrogens (tertiary/aromatic N) is 1. The van der Waals surface area contributed by atoms with Crippen molar-refractivity contribution in [3.63, 3.8) is 0 Å². The van der Waals surface area contributed by atoms with Crippen molar-refractivity contribution in [3.05, 3.63) is 11.1 Å². The molecular formula is C13H22NO5P. The number of aliphatic carboxylic acids is 2. The maximum Gasteiger partial charge on any atom is 0.331 e. The summed E-state index contributed by atoms with van der Waals surface area (Å²) in [5.74, 6) is -1.42. The van der Waals surface area contributed by atoms with E-state index >= 15 is 0 Å². The molecule has 0 aromatic carbocycles. The second-order valence-electron chi connectivity index (χ2n) is 5.44. The summed E-state index contributed by atoms with van der Waals surface area (Å²) in [6.45, 7) is 2.25. The number of hydrogen-bond acceptors (Lipinski definition) is 4.